The topological polar surface area (TPSA) is 30.7 Å². The van der Waals surface area contributed by atoms with E-state index in [2.05, 4.69) is 10.1 Å². The van der Waals surface area contributed by atoms with E-state index in [0.717, 1.165) is 17.9 Å². The second kappa shape index (κ2) is 5.00. The Kier molecular flexibility index (Phi) is 3.18. The molecule has 3 nitrogen and oxygen atoms in total. The number of pyridine rings is 1. The summed E-state index contributed by atoms with van der Waals surface area (Å²) in [7, 11) is 0. The van der Waals surface area contributed by atoms with Crippen molar-refractivity contribution in [3.05, 3.63) is 48.2 Å². The van der Waals surface area contributed by atoms with Crippen LogP contribution in [0.1, 0.15) is 18.9 Å². The minimum Gasteiger partial charge on any atom is -0.272 e. The first-order valence-electron chi connectivity index (χ1n) is 6.40. The number of rotatable bonds is 3. The molecule has 0 fully saturated rings. The first-order chi connectivity index (χ1) is 9.67. The number of halogens is 2. The third-order valence-electron chi connectivity index (χ3n) is 3.19. The lowest BCUT2D eigenvalue weighted by atomic mass is 10.1. The smallest absolute Gasteiger partial charge is 0.263 e. The van der Waals surface area contributed by atoms with Crippen molar-refractivity contribution in [1.29, 1.82) is 0 Å². The van der Waals surface area contributed by atoms with Crippen LogP contribution in [-0.2, 0) is 6.54 Å². The summed E-state index contributed by atoms with van der Waals surface area (Å²) >= 11 is 0. The van der Waals surface area contributed by atoms with Gasteiger partial charge in [-0.3, -0.25) is 4.68 Å². The van der Waals surface area contributed by atoms with Crippen molar-refractivity contribution < 1.29 is 8.78 Å². The largest absolute Gasteiger partial charge is 0.272 e. The molecule has 3 aromatic rings. The van der Waals surface area contributed by atoms with Gasteiger partial charge in [0.15, 0.2) is 0 Å². The molecule has 0 atom stereocenters. The van der Waals surface area contributed by atoms with E-state index in [4.69, 9.17) is 0 Å². The molecule has 0 radical (unpaired) electrons. The highest BCUT2D eigenvalue weighted by Crippen LogP contribution is 2.25. The molecule has 0 N–H and O–H groups in total. The predicted octanol–water partition coefficient (Wildman–Crippen LogP) is 4.06. The highest BCUT2D eigenvalue weighted by molar-refractivity contribution is 5.81. The lowest BCUT2D eigenvalue weighted by Crippen LogP contribution is -1.95. The number of fused-ring (bicyclic) bond motifs is 1. The van der Waals surface area contributed by atoms with E-state index in [0.29, 0.717) is 10.9 Å². The zero-order valence-electron chi connectivity index (χ0n) is 10.9. The normalized spacial score (nSPS) is 11.4. The molecule has 0 saturated heterocycles. The first kappa shape index (κ1) is 12.7. The van der Waals surface area contributed by atoms with E-state index in [-0.39, 0.29) is 5.56 Å². The van der Waals surface area contributed by atoms with Crippen LogP contribution in [0.15, 0.2) is 42.6 Å². The summed E-state index contributed by atoms with van der Waals surface area (Å²) in [5.74, 6) is 0. The summed E-state index contributed by atoms with van der Waals surface area (Å²) in [6.45, 7) is 2.81. The Bertz CT molecular complexity index is 750. The van der Waals surface area contributed by atoms with E-state index in [9.17, 15) is 8.78 Å². The van der Waals surface area contributed by atoms with E-state index in [1.807, 2.05) is 23.9 Å². The lowest BCUT2D eigenvalue weighted by molar-refractivity contribution is 0.151. The number of hydrogen-bond donors (Lipinski definition) is 0. The number of benzene rings is 1. The Balaban J connectivity index is 2.04. The second-order valence-electron chi connectivity index (χ2n) is 4.51. The number of aromatic nitrogens is 3. The number of nitrogens with zero attached hydrogens (tertiary/aromatic N) is 3. The number of hydrogen-bond acceptors (Lipinski definition) is 2. The average Bonchev–Trinajstić information content (AvgIpc) is 2.95. The highest BCUT2D eigenvalue weighted by Gasteiger charge is 2.09. The molecule has 0 unspecified atom stereocenters. The molecule has 0 aliphatic rings. The molecule has 0 aliphatic carbocycles. The van der Waals surface area contributed by atoms with Gasteiger partial charge in [0.05, 0.1) is 11.2 Å². The summed E-state index contributed by atoms with van der Waals surface area (Å²) in [6.07, 6.45) is -0.569. The molecule has 5 heteroatoms. The summed E-state index contributed by atoms with van der Waals surface area (Å²) in [6, 6.07) is 10.0. The third-order valence-corrected chi connectivity index (χ3v) is 3.19. The molecule has 1 aromatic carbocycles. The molecular formula is C15H13F2N3. The zero-order chi connectivity index (χ0) is 14.1. The van der Waals surface area contributed by atoms with Crippen LogP contribution in [0.2, 0.25) is 0 Å². The molecule has 0 aliphatic heterocycles. The number of alkyl halides is 2. The number of aryl methyl sites for hydroxylation is 1. The monoisotopic (exact) mass is 273 g/mol. The molecule has 0 saturated carbocycles. The summed E-state index contributed by atoms with van der Waals surface area (Å²) in [4.78, 5) is 4.47. The van der Waals surface area contributed by atoms with Crippen LogP contribution in [0.25, 0.3) is 22.3 Å². The Morgan fingerprint density at radius 2 is 1.95 bits per heavy atom. The van der Waals surface area contributed by atoms with Gasteiger partial charge in [-0.2, -0.15) is 5.10 Å². The van der Waals surface area contributed by atoms with Crippen LogP contribution < -0.4 is 0 Å². The predicted molar refractivity (Wildman–Crippen MR) is 73.6 cm³/mol. The van der Waals surface area contributed by atoms with Crippen LogP contribution in [0, 0.1) is 0 Å². The van der Waals surface area contributed by atoms with E-state index < -0.39 is 6.43 Å². The van der Waals surface area contributed by atoms with Gasteiger partial charge in [0.2, 0.25) is 0 Å². The van der Waals surface area contributed by atoms with Crippen LogP contribution in [0.3, 0.4) is 0 Å². The van der Waals surface area contributed by atoms with Crippen molar-refractivity contribution in [3.63, 3.8) is 0 Å². The van der Waals surface area contributed by atoms with Crippen molar-refractivity contribution in [2.24, 2.45) is 0 Å². The summed E-state index contributed by atoms with van der Waals surface area (Å²) < 4.78 is 27.1. The van der Waals surface area contributed by atoms with Gasteiger partial charge in [0, 0.05) is 23.7 Å². The van der Waals surface area contributed by atoms with Gasteiger partial charge in [-0.1, -0.05) is 12.1 Å². The zero-order valence-corrected chi connectivity index (χ0v) is 10.9. The Morgan fingerprint density at radius 3 is 2.65 bits per heavy atom. The molecule has 3 rings (SSSR count). The van der Waals surface area contributed by atoms with E-state index >= 15 is 0 Å². The Hall–Kier alpha value is -2.30. The van der Waals surface area contributed by atoms with E-state index in [1.54, 1.807) is 18.2 Å². The van der Waals surface area contributed by atoms with Gasteiger partial charge < -0.3 is 0 Å². The first-order valence-corrected chi connectivity index (χ1v) is 6.40. The lowest BCUT2D eigenvalue weighted by Gasteiger charge is -2.04. The minimum absolute atomic E-state index is 0.0160. The summed E-state index contributed by atoms with van der Waals surface area (Å²) in [5, 5.41) is 5.10. The van der Waals surface area contributed by atoms with Crippen molar-refractivity contribution >= 4 is 10.9 Å². The highest BCUT2D eigenvalue weighted by atomic mass is 19.3. The van der Waals surface area contributed by atoms with Crippen LogP contribution >= 0.6 is 0 Å². The van der Waals surface area contributed by atoms with Crippen molar-refractivity contribution in [2.45, 2.75) is 19.9 Å². The molecule has 102 valence electrons. The third kappa shape index (κ3) is 2.27. The fourth-order valence-electron chi connectivity index (χ4n) is 2.10. The van der Waals surface area contributed by atoms with Crippen LogP contribution in [0.5, 0.6) is 0 Å². The van der Waals surface area contributed by atoms with Crippen molar-refractivity contribution in [1.82, 2.24) is 14.8 Å². The maximum absolute atomic E-state index is 12.6. The van der Waals surface area contributed by atoms with Gasteiger partial charge in [-0.15, -0.1) is 0 Å². The van der Waals surface area contributed by atoms with E-state index in [1.165, 1.54) is 12.1 Å². The Morgan fingerprint density at radius 1 is 1.10 bits per heavy atom. The molecule has 20 heavy (non-hydrogen) atoms. The van der Waals surface area contributed by atoms with Crippen LogP contribution in [0.4, 0.5) is 8.78 Å². The van der Waals surface area contributed by atoms with Gasteiger partial charge >= 0.3 is 0 Å². The van der Waals surface area contributed by atoms with Crippen LogP contribution in [-0.4, -0.2) is 14.8 Å². The maximum atomic E-state index is 12.6. The molecular weight excluding hydrogens is 260 g/mol. The summed E-state index contributed by atoms with van der Waals surface area (Å²) in [5.41, 5.74) is 2.24. The minimum atomic E-state index is -2.46. The maximum Gasteiger partial charge on any atom is 0.263 e. The molecule has 0 spiro atoms. The average molecular weight is 273 g/mol. The quantitative estimate of drug-likeness (QED) is 0.720. The Labute approximate surface area is 114 Å². The molecule has 0 bridgehead atoms. The van der Waals surface area contributed by atoms with Gasteiger partial charge in [-0.05, 0) is 31.2 Å². The molecule has 2 aromatic heterocycles. The van der Waals surface area contributed by atoms with Crippen molar-refractivity contribution in [2.75, 3.05) is 0 Å². The fourth-order valence-corrected chi connectivity index (χ4v) is 2.10. The van der Waals surface area contributed by atoms with Gasteiger partial charge in [0.25, 0.3) is 6.43 Å². The van der Waals surface area contributed by atoms with Crippen molar-refractivity contribution in [3.8, 4) is 11.4 Å². The molecule has 2 heterocycles. The fraction of sp³-hybridized carbons (Fsp3) is 0.200. The van der Waals surface area contributed by atoms with Gasteiger partial charge in [-0.25, -0.2) is 13.8 Å². The van der Waals surface area contributed by atoms with Gasteiger partial charge in [0.1, 0.15) is 5.69 Å². The standard InChI is InChI=1S/C15H13F2N3/c1-2-20-8-7-14(19-20)13-6-3-10-9-11(15(16)17)4-5-12(10)18-13/h3-9,15H,2H2,1H3. The SMILES string of the molecule is CCn1ccc(-c2ccc3cc(C(F)F)ccc3n2)n1. The molecule has 0 amide bonds. The second-order valence-corrected chi connectivity index (χ2v) is 4.51.